The normalized spacial score (nSPS) is 23.0. The van der Waals surface area contributed by atoms with Gasteiger partial charge in [-0.2, -0.15) is 0 Å². The van der Waals surface area contributed by atoms with Gasteiger partial charge in [-0.05, 0) is 49.9 Å². The third-order valence-corrected chi connectivity index (χ3v) is 5.62. The van der Waals surface area contributed by atoms with Crippen LogP contribution in [0.2, 0.25) is 0 Å². The molecule has 0 saturated carbocycles. The van der Waals surface area contributed by atoms with Crippen LogP contribution in [0, 0.1) is 0 Å². The molecule has 16 nitrogen and oxygen atoms in total. The molecule has 4 heterocycles. The maximum atomic E-state index is 10.7. The fourth-order valence-corrected chi connectivity index (χ4v) is 3.48. The third-order valence-electron chi connectivity index (χ3n) is 5.62. The molecule has 238 valence electrons. The summed E-state index contributed by atoms with van der Waals surface area (Å²) in [6, 6.07) is -2.12. The van der Waals surface area contributed by atoms with E-state index in [-0.39, 0.29) is 62.6 Å². The number of amides is 4. The third kappa shape index (κ3) is 14.8. The van der Waals surface area contributed by atoms with E-state index >= 15 is 0 Å². The van der Waals surface area contributed by atoms with E-state index < -0.39 is 48.0 Å². The average molecular weight is 774 g/mol. The van der Waals surface area contributed by atoms with Gasteiger partial charge in [-0.15, -0.1) is 0 Å². The maximum Gasteiger partial charge on any atom is 2.00 e. The molecule has 0 bridgehead atoms. The van der Waals surface area contributed by atoms with Crippen molar-refractivity contribution in [1.82, 2.24) is 0 Å². The van der Waals surface area contributed by atoms with Gasteiger partial charge in [0.2, 0.25) is 0 Å². The quantitative estimate of drug-likeness (QED) is 0.220. The zero-order valence-electron chi connectivity index (χ0n) is 23.3. The van der Waals surface area contributed by atoms with Crippen LogP contribution in [0.5, 0.6) is 0 Å². The number of hydrogen-bond acceptors (Lipinski definition) is 12. The Labute approximate surface area is 268 Å². The van der Waals surface area contributed by atoms with Crippen molar-refractivity contribution < 1.29 is 96.3 Å². The van der Waals surface area contributed by atoms with Crippen LogP contribution in [0.3, 0.4) is 0 Å². The Bertz CT molecular complexity index is 829. The summed E-state index contributed by atoms with van der Waals surface area (Å²) >= 11 is 0. The van der Waals surface area contributed by atoms with E-state index in [0.29, 0.717) is 51.4 Å². The molecule has 4 saturated heterocycles. The largest absolute Gasteiger partial charge is 2.00 e. The van der Waals surface area contributed by atoms with E-state index in [1.807, 2.05) is 0 Å². The van der Waals surface area contributed by atoms with Crippen molar-refractivity contribution in [2.45, 2.75) is 75.5 Å². The van der Waals surface area contributed by atoms with Crippen LogP contribution in [0.1, 0.15) is 51.4 Å². The summed E-state index contributed by atoms with van der Waals surface area (Å²) in [7, 11) is 5.17. The van der Waals surface area contributed by atoms with Crippen LogP contribution in [0.25, 0.3) is 21.3 Å². The summed E-state index contributed by atoms with van der Waals surface area (Å²) < 4.78 is 17.6. The average Bonchev–Trinajstić information content (AvgIpc) is 3.77. The first-order valence-corrected chi connectivity index (χ1v) is 12.2. The van der Waals surface area contributed by atoms with E-state index in [1.165, 1.54) is 28.4 Å². The number of carbonyl (C=O) groups excluding carboxylic acids is 8. The van der Waals surface area contributed by atoms with E-state index in [0.717, 1.165) is 0 Å². The van der Waals surface area contributed by atoms with Gasteiger partial charge in [-0.1, -0.05) is 25.7 Å². The van der Waals surface area contributed by atoms with Crippen LogP contribution in [-0.2, 0) is 96.3 Å². The van der Waals surface area contributed by atoms with Crippen LogP contribution in [-0.4, -0.2) is 100 Å². The molecule has 42 heavy (non-hydrogen) atoms. The number of rotatable bonds is 4. The van der Waals surface area contributed by atoms with Crippen molar-refractivity contribution in [1.29, 1.82) is 0 Å². The number of hydrogen-bond donors (Lipinski definition) is 0. The van der Waals surface area contributed by atoms with Gasteiger partial charge in [0.25, 0.3) is 23.9 Å². The number of esters is 4. The molecule has 0 aromatic rings. The minimum Gasteiger partial charge on any atom is -0.642 e. The van der Waals surface area contributed by atoms with E-state index in [2.05, 4.69) is 40.2 Å². The molecule has 4 fully saturated rings. The Balaban J connectivity index is 0. The van der Waals surface area contributed by atoms with Gasteiger partial charge >= 0.3 is 39.0 Å². The van der Waals surface area contributed by atoms with Crippen LogP contribution in [0.15, 0.2) is 0 Å². The van der Waals surface area contributed by atoms with Gasteiger partial charge in [0, 0.05) is 0 Å². The van der Waals surface area contributed by atoms with Crippen molar-refractivity contribution in [3.63, 3.8) is 0 Å². The van der Waals surface area contributed by atoms with Crippen molar-refractivity contribution in [2.24, 2.45) is 0 Å². The van der Waals surface area contributed by atoms with Crippen LogP contribution < -0.4 is 0 Å². The fourth-order valence-electron chi connectivity index (χ4n) is 3.48. The number of methoxy groups -OCH3 is 4. The van der Waals surface area contributed by atoms with Gasteiger partial charge in [-0.25, -0.2) is 0 Å². The summed E-state index contributed by atoms with van der Waals surface area (Å²) in [5.74, 6) is -2.44. The zero-order chi connectivity index (χ0) is 30.2. The Morgan fingerprint density at radius 1 is 0.452 bits per heavy atom. The first kappa shape index (κ1) is 41.1. The van der Waals surface area contributed by atoms with Gasteiger partial charge in [0.1, 0.15) is 0 Å². The van der Waals surface area contributed by atoms with Crippen molar-refractivity contribution in [2.75, 3.05) is 28.4 Å². The molecular formula is C24H32N4O12Rh2. The number of ether oxygens (including phenoxy) is 4. The Morgan fingerprint density at radius 3 is 0.714 bits per heavy atom. The first-order chi connectivity index (χ1) is 18.9. The summed E-state index contributed by atoms with van der Waals surface area (Å²) in [5.41, 5.74) is 0. The minimum absolute atomic E-state index is 0. The molecule has 4 amide bonds. The molecule has 0 N–H and O–H groups in total. The Kier molecular flexibility index (Phi) is 21.2. The molecular weight excluding hydrogens is 742 g/mol. The summed E-state index contributed by atoms with van der Waals surface area (Å²) in [6.07, 6.45) is 3.52. The van der Waals surface area contributed by atoms with Crippen molar-refractivity contribution in [3.05, 3.63) is 21.3 Å². The molecule has 4 aliphatic rings. The summed E-state index contributed by atoms with van der Waals surface area (Å²) in [6.45, 7) is 0. The molecule has 4 aliphatic heterocycles. The smallest absolute Gasteiger partial charge is 0.642 e. The molecule has 4 atom stereocenters. The Hall–Kier alpha value is -2.99. The predicted octanol–water partition coefficient (Wildman–Crippen LogP) is 0.883. The van der Waals surface area contributed by atoms with Gasteiger partial charge < -0.3 is 59.4 Å². The second kappa shape index (κ2) is 21.7. The summed E-state index contributed by atoms with van der Waals surface area (Å²) in [4.78, 5) is 84.8. The molecule has 2 radical (unpaired) electrons. The second-order valence-electron chi connectivity index (χ2n) is 8.40. The number of carbonyl (C=O) groups is 8. The molecule has 0 unspecified atom stereocenters. The summed E-state index contributed by atoms with van der Waals surface area (Å²) in [5, 5.41) is 14.2. The van der Waals surface area contributed by atoms with Gasteiger partial charge in [0.05, 0.1) is 52.1 Å². The SMILES string of the molecule is COC(=O)[C@@H]1CCC(=O)[N-]1.COC(=O)[C@@H]1CCC(=O)[N-]1.COC(=O)[C@H]1CCC(=O)[N-]1.COC(=O)[C@H]1CCC(=O)[N-]1.[Rh+2].[Rh+2]. The van der Waals surface area contributed by atoms with Crippen molar-refractivity contribution in [3.8, 4) is 0 Å². The molecule has 0 aromatic heterocycles. The monoisotopic (exact) mass is 774 g/mol. The molecule has 0 aromatic carbocycles. The van der Waals surface area contributed by atoms with Crippen LogP contribution in [0.4, 0.5) is 0 Å². The fraction of sp³-hybridized carbons (Fsp3) is 0.667. The van der Waals surface area contributed by atoms with Gasteiger partial charge in [0.15, 0.2) is 0 Å². The minimum atomic E-state index is -0.530. The van der Waals surface area contributed by atoms with E-state index in [4.69, 9.17) is 0 Å². The predicted molar refractivity (Wildman–Crippen MR) is 134 cm³/mol. The van der Waals surface area contributed by atoms with E-state index in [1.54, 1.807) is 0 Å². The van der Waals surface area contributed by atoms with Gasteiger partial charge in [-0.3, -0.25) is 19.2 Å². The standard InChI is InChI=1S/4C6H9NO3.2Rh/c4*1-10-6(9)4-2-3-5(8)7-4;;/h4*4H,2-3H2,1H3,(H,7,8);;/q;;;;2*+2/p-4/t4*4-;;/m1100../s1. The molecule has 18 heteroatoms. The first-order valence-electron chi connectivity index (χ1n) is 12.2. The second-order valence-corrected chi connectivity index (χ2v) is 8.40. The number of nitrogens with zero attached hydrogens (tertiary/aromatic N) is 4. The topological polar surface area (TPSA) is 230 Å². The molecule has 4 rings (SSSR count). The van der Waals surface area contributed by atoms with E-state index in [9.17, 15) is 38.4 Å². The zero-order valence-corrected chi connectivity index (χ0v) is 26.6. The molecule has 0 spiro atoms. The maximum absolute atomic E-state index is 10.7. The van der Waals surface area contributed by atoms with Crippen LogP contribution >= 0.6 is 0 Å². The van der Waals surface area contributed by atoms with Crippen molar-refractivity contribution >= 4 is 47.5 Å². The molecule has 0 aliphatic carbocycles. The Morgan fingerprint density at radius 2 is 0.619 bits per heavy atom.